The second-order valence-electron chi connectivity index (χ2n) is 4.49. The fourth-order valence-corrected chi connectivity index (χ4v) is 3.63. The van der Waals surface area contributed by atoms with Gasteiger partial charge in [0.1, 0.15) is 9.88 Å². The minimum absolute atomic E-state index is 0.0693. The fourth-order valence-electron chi connectivity index (χ4n) is 2.03. The smallest absolute Gasteiger partial charge is 0.334 e. The van der Waals surface area contributed by atoms with Gasteiger partial charge in [0.15, 0.2) is 6.10 Å². The molecule has 110 valence electrons. The van der Waals surface area contributed by atoms with Crippen molar-refractivity contribution < 1.29 is 19.4 Å². The molecule has 1 fully saturated rings. The van der Waals surface area contributed by atoms with Crippen LogP contribution in [-0.4, -0.2) is 52.7 Å². The highest BCUT2D eigenvalue weighted by atomic mass is 32.1. The van der Waals surface area contributed by atoms with Crippen molar-refractivity contribution in [2.45, 2.75) is 6.10 Å². The molecule has 1 amide bonds. The van der Waals surface area contributed by atoms with E-state index in [9.17, 15) is 9.59 Å². The minimum atomic E-state index is -1.05. The van der Waals surface area contributed by atoms with Gasteiger partial charge in [0, 0.05) is 17.5 Å². The van der Waals surface area contributed by atoms with Crippen LogP contribution in [0, 0.1) is 0 Å². The fraction of sp³-hybridized carbons (Fsp3) is 0.308. The molecule has 21 heavy (non-hydrogen) atoms. The molecule has 0 radical (unpaired) electrons. The number of carboxylic acids is 1. The van der Waals surface area contributed by atoms with Gasteiger partial charge in [0.25, 0.3) is 5.91 Å². The quantitative estimate of drug-likeness (QED) is 0.931. The number of carbonyl (C=O) groups excluding carboxylic acids is 1. The Labute approximate surface area is 128 Å². The van der Waals surface area contributed by atoms with Crippen LogP contribution in [0.4, 0.5) is 0 Å². The first-order valence-corrected chi connectivity index (χ1v) is 8.03. The Morgan fingerprint density at radius 3 is 3.05 bits per heavy atom. The van der Waals surface area contributed by atoms with Crippen LogP contribution in [0.5, 0.6) is 0 Å². The normalized spacial score (nSPS) is 18.7. The maximum absolute atomic E-state index is 12.4. The van der Waals surface area contributed by atoms with Gasteiger partial charge in [-0.2, -0.15) is 11.3 Å². The van der Waals surface area contributed by atoms with Crippen molar-refractivity contribution in [3.8, 4) is 10.6 Å². The topological polar surface area (TPSA) is 79.7 Å². The molecule has 1 aliphatic rings. The summed E-state index contributed by atoms with van der Waals surface area (Å²) in [6.07, 6.45) is 0.595. The second-order valence-corrected chi connectivity index (χ2v) is 6.30. The van der Waals surface area contributed by atoms with E-state index in [4.69, 9.17) is 9.84 Å². The van der Waals surface area contributed by atoms with Gasteiger partial charge in [-0.3, -0.25) is 4.79 Å². The number of carbonyl (C=O) groups is 2. The predicted molar refractivity (Wildman–Crippen MR) is 78.7 cm³/mol. The van der Waals surface area contributed by atoms with Crippen LogP contribution in [0.15, 0.2) is 23.0 Å². The van der Waals surface area contributed by atoms with E-state index in [1.54, 1.807) is 17.5 Å². The third-order valence-corrected chi connectivity index (χ3v) is 4.83. The molecule has 0 spiro atoms. The molecule has 1 saturated heterocycles. The number of thiazole rings is 1. The van der Waals surface area contributed by atoms with Gasteiger partial charge < -0.3 is 14.7 Å². The number of hydrogen-bond donors (Lipinski definition) is 1. The Hall–Kier alpha value is -1.77. The maximum atomic E-state index is 12.4. The van der Waals surface area contributed by atoms with Crippen LogP contribution in [0.2, 0.25) is 0 Å². The Balaban J connectivity index is 1.74. The predicted octanol–water partition coefficient (Wildman–Crippen LogP) is 1.80. The number of carboxylic acid groups (broad SMARTS) is 1. The SMILES string of the molecule is O=C(O)[C@@H]1CN(C(=O)c2cnc(-c3ccsc3)s2)CCO1. The molecule has 0 aliphatic carbocycles. The van der Waals surface area contributed by atoms with Crippen molar-refractivity contribution in [3.63, 3.8) is 0 Å². The third kappa shape index (κ3) is 2.97. The lowest BCUT2D eigenvalue weighted by Gasteiger charge is -2.30. The highest BCUT2D eigenvalue weighted by molar-refractivity contribution is 7.17. The number of nitrogens with zero attached hydrogens (tertiary/aromatic N) is 2. The van der Waals surface area contributed by atoms with Gasteiger partial charge in [-0.1, -0.05) is 0 Å². The molecule has 0 unspecified atom stereocenters. The summed E-state index contributed by atoms with van der Waals surface area (Å²) in [6, 6.07) is 1.95. The van der Waals surface area contributed by atoms with Gasteiger partial charge >= 0.3 is 5.97 Å². The first kappa shape index (κ1) is 14.2. The molecule has 2 aromatic rings. The molecule has 1 aliphatic heterocycles. The van der Waals surface area contributed by atoms with Crippen LogP contribution in [0.25, 0.3) is 10.6 Å². The largest absolute Gasteiger partial charge is 0.479 e. The Morgan fingerprint density at radius 2 is 2.33 bits per heavy atom. The Bertz CT molecular complexity index is 653. The molecule has 0 aromatic carbocycles. The average Bonchev–Trinajstić information content (AvgIpc) is 3.17. The molecule has 1 N–H and O–H groups in total. The molecule has 1 atom stereocenters. The Kier molecular flexibility index (Phi) is 4.00. The lowest BCUT2D eigenvalue weighted by molar-refractivity contribution is -0.154. The highest BCUT2D eigenvalue weighted by Gasteiger charge is 2.30. The van der Waals surface area contributed by atoms with Crippen molar-refractivity contribution in [2.75, 3.05) is 19.7 Å². The number of hydrogen-bond acceptors (Lipinski definition) is 6. The molecular formula is C13H12N2O4S2. The molecule has 0 saturated carbocycles. The van der Waals surface area contributed by atoms with E-state index in [0.717, 1.165) is 10.6 Å². The van der Waals surface area contributed by atoms with Crippen LogP contribution in [0.3, 0.4) is 0 Å². The summed E-state index contributed by atoms with van der Waals surface area (Å²) in [4.78, 5) is 29.6. The zero-order chi connectivity index (χ0) is 14.8. The van der Waals surface area contributed by atoms with Crippen LogP contribution < -0.4 is 0 Å². The molecular weight excluding hydrogens is 312 g/mol. The van der Waals surface area contributed by atoms with Crippen molar-refractivity contribution in [1.29, 1.82) is 0 Å². The van der Waals surface area contributed by atoms with E-state index >= 15 is 0 Å². The first-order chi connectivity index (χ1) is 10.1. The van der Waals surface area contributed by atoms with Gasteiger partial charge in [0.05, 0.1) is 19.3 Å². The summed E-state index contributed by atoms with van der Waals surface area (Å²) in [6.45, 7) is 0.701. The van der Waals surface area contributed by atoms with E-state index < -0.39 is 12.1 Å². The van der Waals surface area contributed by atoms with Gasteiger partial charge in [-0.15, -0.1) is 11.3 Å². The zero-order valence-corrected chi connectivity index (χ0v) is 12.5. The summed E-state index contributed by atoms with van der Waals surface area (Å²) in [7, 11) is 0. The van der Waals surface area contributed by atoms with Crippen molar-refractivity contribution in [1.82, 2.24) is 9.88 Å². The lowest BCUT2D eigenvalue weighted by Crippen LogP contribution is -2.48. The van der Waals surface area contributed by atoms with E-state index in [0.29, 0.717) is 11.4 Å². The molecule has 2 aromatic heterocycles. The molecule has 3 rings (SSSR count). The summed E-state index contributed by atoms with van der Waals surface area (Å²) in [5.74, 6) is -1.24. The second kappa shape index (κ2) is 5.92. The summed E-state index contributed by atoms with van der Waals surface area (Å²) >= 11 is 2.89. The van der Waals surface area contributed by atoms with Crippen molar-refractivity contribution >= 4 is 34.6 Å². The Morgan fingerprint density at radius 1 is 1.48 bits per heavy atom. The standard InChI is InChI=1S/C13H12N2O4S2/c16-12(15-2-3-19-9(6-15)13(17)18)10-5-14-11(21-10)8-1-4-20-7-8/h1,4-5,7,9H,2-3,6H2,(H,17,18)/t9-/m0/s1. The molecule has 6 nitrogen and oxygen atoms in total. The average molecular weight is 324 g/mol. The summed E-state index contributed by atoms with van der Waals surface area (Å²) < 4.78 is 5.12. The van der Waals surface area contributed by atoms with Gasteiger partial charge in [-0.25, -0.2) is 9.78 Å². The number of aliphatic carboxylic acids is 1. The number of morpholine rings is 1. The van der Waals surface area contributed by atoms with E-state index in [1.807, 2.05) is 16.8 Å². The minimum Gasteiger partial charge on any atom is -0.479 e. The van der Waals surface area contributed by atoms with E-state index in [2.05, 4.69) is 4.98 Å². The number of aromatic nitrogens is 1. The molecule has 0 bridgehead atoms. The lowest BCUT2D eigenvalue weighted by atomic mass is 10.2. The van der Waals surface area contributed by atoms with Gasteiger partial charge in [0.2, 0.25) is 0 Å². The van der Waals surface area contributed by atoms with E-state index in [-0.39, 0.29) is 19.1 Å². The monoisotopic (exact) mass is 324 g/mol. The zero-order valence-electron chi connectivity index (χ0n) is 10.9. The first-order valence-electron chi connectivity index (χ1n) is 6.27. The van der Waals surface area contributed by atoms with E-state index in [1.165, 1.54) is 16.2 Å². The van der Waals surface area contributed by atoms with Crippen molar-refractivity contribution in [2.24, 2.45) is 0 Å². The van der Waals surface area contributed by atoms with Crippen molar-refractivity contribution in [3.05, 3.63) is 27.9 Å². The third-order valence-electron chi connectivity index (χ3n) is 3.11. The maximum Gasteiger partial charge on any atom is 0.334 e. The molecule has 8 heteroatoms. The highest BCUT2D eigenvalue weighted by Crippen LogP contribution is 2.27. The number of amides is 1. The number of thiophene rings is 1. The summed E-state index contributed by atoms with van der Waals surface area (Å²) in [5.41, 5.74) is 0.995. The number of ether oxygens (including phenoxy) is 1. The molecule has 3 heterocycles. The van der Waals surface area contributed by atoms with Crippen LogP contribution in [-0.2, 0) is 9.53 Å². The van der Waals surface area contributed by atoms with Crippen LogP contribution >= 0.6 is 22.7 Å². The van der Waals surface area contributed by atoms with Crippen LogP contribution in [0.1, 0.15) is 9.67 Å². The van der Waals surface area contributed by atoms with Gasteiger partial charge in [-0.05, 0) is 11.4 Å². The summed E-state index contributed by atoms with van der Waals surface area (Å²) in [5, 5.41) is 13.7. The number of rotatable bonds is 3.